The van der Waals surface area contributed by atoms with Crippen molar-refractivity contribution in [1.29, 1.82) is 0 Å². The number of hydrogen-bond acceptors (Lipinski definition) is 5. The lowest BCUT2D eigenvalue weighted by Gasteiger charge is -2.17. The zero-order valence-electron chi connectivity index (χ0n) is 12.1. The predicted molar refractivity (Wildman–Crippen MR) is 87.1 cm³/mol. The van der Waals surface area contributed by atoms with Crippen molar-refractivity contribution in [2.75, 3.05) is 0 Å². The number of nitrogens with one attached hydrogen (secondary N) is 1. The Morgan fingerprint density at radius 3 is 2.67 bits per heavy atom. The molecule has 2 heterocycles. The first kappa shape index (κ1) is 14.1. The van der Waals surface area contributed by atoms with Crippen LogP contribution in [0.1, 0.15) is 28.0 Å². The summed E-state index contributed by atoms with van der Waals surface area (Å²) in [6.07, 6.45) is 0.765. The van der Waals surface area contributed by atoms with Crippen LogP contribution in [0.4, 0.5) is 0 Å². The first-order chi connectivity index (χ1) is 10.2. The van der Waals surface area contributed by atoms with Crippen molar-refractivity contribution in [2.45, 2.75) is 26.3 Å². The van der Waals surface area contributed by atoms with Crippen LogP contribution < -0.4 is 11.3 Å². The maximum absolute atomic E-state index is 5.75. The summed E-state index contributed by atoms with van der Waals surface area (Å²) in [4.78, 5) is 9.19. The van der Waals surface area contributed by atoms with Crippen LogP contribution in [0.25, 0.3) is 10.2 Å². The number of benzene rings is 1. The summed E-state index contributed by atoms with van der Waals surface area (Å²) in [6, 6.07) is 12.3. The van der Waals surface area contributed by atoms with Crippen molar-refractivity contribution in [3.8, 4) is 0 Å². The minimum atomic E-state index is 0.0265. The second-order valence-electron chi connectivity index (χ2n) is 5.13. The quantitative estimate of drug-likeness (QED) is 0.574. The molecule has 0 aliphatic carbocycles. The van der Waals surface area contributed by atoms with Gasteiger partial charge in [-0.05, 0) is 37.6 Å². The van der Waals surface area contributed by atoms with Crippen molar-refractivity contribution in [2.24, 2.45) is 5.84 Å². The van der Waals surface area contributed by atoms with Crippen molar-refractivity contribution in [3.05, 3.63) is 58.4 Å². The molecule has 2 aromatic heterocycles. The van der Waals surface area contributed by atoms with Crippen LogP contribution in [-0.4, -0.2) is 9.97 Å². The molecule has 0 spiro atoms. The fourth-order valence-corrected chi connectivity index (χ4v) is 3.52. The maximum Gasteiger partial charge on any atom is 0.0958 e. The molecule has 0 saturated heterocycles. The highest BCUT2D eigenvalue weighted by Crippen LogP contribution is 2.26. The van der Waals surface area contributed by atoms with Gasteiger partial charge in [-0.25, -0.2) is 4.98 Å². The van der Waals surface area contributed by atoms with E-state index in [1.165, 1.54) is 4.70 Å². The number of nitrogens with two attached hydrogens (primary N) is 1. The lowest BCUT2D eigenvalue weighted by atomic mass is 10.0. The molecule has 3 rings (SSSR count). The van der Waals surface area contributed by atoms with Gasteiger partial charge in [0.05, 0.1) is 21.3 Å². The van der Waals surface area contributed by atoms with E-state index in [1.807, 2.05) is 38.1 Å². The lowest BCUT2D eigenvalue weighted by Crippen LogP contribution is -2.30. The van der Waals surface area contributed by atoms with E-state index >= 15 is 0 Å². The molecular weight excluding hydrogens is 280 g/mol. The molecule has 0 radical (unpaired) electrons. The van der Waals surface area contributed by atoms with Crippen LogP contribution in [0.5, 0.6) is 0 Å². The molecular formula is C16H18N4S. The van der Waals surface area contributed by atoms with Gasteiger partial charge in [0.15, 0.2) is 0 Å². The highest BCUT2D eigenvalue weighted by atomic mass is 32.1. The van der Waals surface area contributed by atoms with Crippen molar-refractivity contribution in [3.63, 3.8) is 0 Å². The number of hydrogen-bond donors (Lipinski definition) is 2. The van der Waals surface area contributed by atoms with Gasteiger partial charge in [-0.1, -0.05) is 18.2 Å². The standard InChI is InChI=1S/C16H18N4S/c1-10-7-8-12(11(2)18-10)14(20-17)9-16-19-13-5-3-4-6-15(13)21-16/h3-8,14,20H,9,17H2,1-2H3. The number of pyridine rings is 1. The molecule has 0 fully saturated rings. The third kappa shape index (κ3) is 2.95. The number of aromatic nitrogens is 2. The van der Waals surface area contributed by atoms with E-state index in [2.05, 4.69) is 27.5 Å². The summed E-state index contributed by atoms with van der Waals surface area (Å²) in [5.41, 5.74) is 7.11. The fraction of sp³-hybridized carbons (Fsp3) is 0.250. The number of nitrogens with zero attached hydrogens (tertiary/aromatic N) is 2. The van der Waals surface area contributed by atoms with Crippen molar-refractivity contribution < 1.29 is 0 Å². The molecule has 1 unspecified atom stereocenters. The van der Waals surface area contributed by atoms with Gasteiger partial charge >= 0.3 is 0 Å². The van der Waals surface area contributed by atoms with Gasteiger partial charge in [-0.3, -0.25) is 16.3 Å². The number of rotatable bonds is 4. The van der Waals surface area contributed by atoms with Crippen LogP contribution in [-0.2, 0) is 6.42 Å². The number of para-hydroxylation sites is 1. The highest BCUT2D eigenvalue weighted by molar-refractivity contribution is 7.18. The number of thiazole rings is 1. The molecule has 5 heteroatoms. The predicted octanol–water partition coefficient (Wildman–Crippen LogP) is 3.06. The summed E-state index contributed by atoms with van der Waals surface area (Å²) in [6.45, 7) is 4.01. The zero-order chi connectivity index (χ0) is 14.8. The minimum Gasteiger partial charge on any atom is -0.271 e. The van der Waals surface area contributed by atoms with E-state index in [4.69, 9.17) is 5.84 Å². The Kier molecular flexibility index (Phi) is 3.96. The van der Waals surface area contributed by atoms with Crippen molar-refractivity contribution in [1.82, 2.24) is 15.4 Å². The van der Waals surface area contributed by atoms with Crippen LogP contribution in [0.15, 0.2) is 36.4 Å². The third-order valence-electron chi connectivity index (χ3n) is 3.56. The van der Waals surface area contributed by atoms with E-state index < -0.39 is 0 Å². The van der Waals surface area contributed by atoms with E-state index in [9.17, 15) is 0 Å². The summed E-state index contributed by atoms with van der Waals surface area (Å²) in [5.74, 6) is 5.75. The normalized spacial score (nSPS) is 12.7. The van der Waals surface area contributed by atoms with Gasteiger partial charge in [0.2, 0.25) is 0 Å². The first-order valence-corrected chi connectivity index (χ1v) is 7.74. The third-order valence-corrected chi connectivity index (χ3v) is 4.62. The summed E-state index contributed by atoms with van der Waals surface area (Å²) < 4.78 is 1.21. The first-order valence-electron chi connectivity index (χ1n) is 6.92. The van der Waals surface area contributed by atoms with Gasteiger partial charge in [-0.15, -0.1) is 11.3 Å². The van der Waals surface area contributed by atoms with Crippen LogP contribution in [0, 0.1) is 13.8 Å². The smallest absolute Gasteiger partial charge is 0.0958 e. The maximum atomic E-state index is 5.75. The fourth-order valence-electron chi connectivity index (χ4n) is 2.51. The highest BCUT2D eigenvalue weighted by Gasteiger charge is 2.16. The van der Waals surface area contributed by atoms with E-state index in [1.54, 1.807) is 11.3 Å². The van der Waals surface area contributed by atoms with Gasteiger partial charge in [0, 0.05) is 17.8 Å². The van der Waals surface area contributed by atoms with E-state index in [0.29, 0.717) is 0 Å². The average molecular weight is 298 g/mol. The molecule has 0 aliphatic heterocycles. The second-order valence-corrected chi connectivity index (χ2v) is 6.24. The minimum absolute atomic E-state index is 0.0265. The molecule has 21 heavy (non-hydrogen) atoms. The Labute approximate surface area is 128 Å². The number of fused-ring (bicyclic) bond motifs is 1. The SMILES string of the molecule is Cc1ccc(C(Cc2nc3ccccc3s2)NN)c(C)n1. The van der Waals surface area contributed by atoms with Crippen LogP contribution in [0.2, 0.25) is 0 Å². The molecule has 0 aliphatic rings. The zero-order valence-corrected chi connectivity index (χ0v) is 12.9. The van der Waals surface area contributed by atoms with Gasteiger partial charge in [0.25, 0.3) is 0 Å². The Morgan fingerprint density at radius 1 is 1.14 bits per heavy atom. The Balaban J connectivity index is 1.90. The molecule has 0 saturated carbocycles. The average Bonchev–Trinajstić information content (AvgIpc) is 2.87. The van der Waals surface area contributed by atoms with Gasteiger partial charge in [-0.2, -0.15) is 0 Å². The molecule has 3 aromatic rings. The Bertz CT molecular complexity index is 733. The monoisotopic (exact) mass is 298 g/mol. The van der Waals surface area contributed by atoms with Crippen molar-refractivity contribution >= 4 is 21.6 Å². The summed E-state index contributed by atoms with van der Waals surface area (Å²) in [7, 11) is 0. The molecule has 1 aromatic carbocycles. The van der Waals surface area contributed by atoms with E-state index in [0.717, 1.165) is 33.9 Å². The topological polar surface area (TPSA) is 63.8 Å². The number of hydrazine groups is 1. The van der Waals surface area contributed by atoms with Gasteiger partial charge in [0.1, 0.15) is 0 Å². The molecule has 3 N–H and O–H groups in total. The lowest BCUT2D eigenvalue weighted by molar-refractivity contribution is 0.546. The molecule has 4 nitrogen and oxygen atoms in total. The summed E-state index contributed by atoms with van der Waals surface area (Å²) in [5, 5.41) is 1.08. The van der Waals surface area contributed by atoms with Crippen LogP contribution >= 0.6 is 11.3 Å². The summed E-state index contributed by atoms with van der Waals surface area (Å²) >= 11 is 1.72. The molecule has 0 bridgehead atoms. The second kappa shape index (κ2) is 5.89. The largest absolute Gasteiger partial charge is 0.271 e. The number of aryl methyl sites for hydroxylation is 2. The Hall–Kier alpha value is -1.82. The molecule has 108 valence electrons. The van der Waals surface area contributed by atoms with Crippen LogP contribution in [0.3, 0.4) is 0 Å². The van der Waals surface area contributed by atoms with Gasteiger partial charge < -0.3 is 0 Å². The van der Waals surface area contributed by atoms with E-state index in [-0.39, 0.29) is 6.04 Å². The molecule has 1 atom stereocenters. The molecule has 0 amide bonds. The Morgan fingerprint density at radius 2 is 1.95 bits per heavy atom.